The zero-order chi connectivity index (χ0) is 12.6. The zero-order valence-corrected chi connectivity index (χ0v) is 10.2. The van der Waals surface area contributed by atoms with E-state index in [4.69, 9.17) is 17.3 Å². The molecule has 1 aromatic rings. The van der Waals surface area contributed by atoms with Gasteiger partial charge in [0.15, 0.2) is 0 Å². The van der Waals surface area contributed by atoms with E-state index in [2.05, 4.69) is 0 Å². The Morgan fingerprint density at radius 2 is 2.29 bits per heavy atom. The average Bonchev–Trinajstić information content (AvgIpc) is 2.53. The molecule has 1 aliphatic rings. The summed E-state index contributed by atoms with van der Waals surface area (Å²) >= 11 is 6.01. The van der Waals surface area contributed by atoms with Crippen LogP contribution in [0.25, 0.3) is 0 Å². The number of carbonyl (C=O) groups excluding carboxylic acids is 1. The van der Waals surface area contributed by atoms with E-state index in [-0.39, 0.29) is 12.3 Å². The van der Waals surface area contributed by atoms with Crippen molar-refractivity contribution in [1.29, 1.82) is 0 Å². The standard InChI is InChI=1S/C12H14ClFN2O/c1-2-16-10(17)6-9(15)12(16)11-7(13)4-3-5-8(11)14/h3-5,9,12H,2,6,15H2,1H3. The van der Waals surface area contributed by atoms with Crippen molar-refractivity contribution in [2.45, 2.75) is 25.4 Å². The number of rotatable bonds is 2. The molecule has 1 saturated heterocycles. The molecule has 0 radical (unpaired) electrons. The summed E-state index contributed by atoms with van der Waals surface area (Å²) in [6, 6.07) is 3.63. The van der Waals surface area contributed by atoms with Gasteiger partial charge in [-0.25, -0.2) is 4.39 Å². The van der Waals surface area contributed by atoms with Gasteiger partial charge in [-0.3, -0.25) is 4.79 Å². The maximum absolute atomic E-state index is 13.8. The second-order valence-corrected chi connectivity index (χ2v) is 4.54. The third-order valence-electron chi connectivity index (χ3n) is 3.11. The summed E-state index contributed by atoms with van der Waals surface area (Å²) in [6.45, 7) is 2.35. The first-order valence-corrected chi connectivity index (χ1v) is 5.93. The second-order valence-electron chi connectivity index (χ2n) is 4.13. The Morgan fingerprint density at radius 1 is 1.59 bits per heavy atom. The number of nitrogens with zero attached hydrogens (tertiary/aromatic N) is 1. The minimum atomic E-state index is -0.457. The predicted molar refractivity (Wildman–Crippen MR) is 64.1 cm³/mol. The van der Waals surface area contributed by atoms with Crippen LogP contribution >= 0.6 is 11.6 Å². The molecule has 2 N–H and O–H groups in total. The third-order valence-corrected chi connectivity index (χ3v) is 3.44. The SMILES string of the molecule is CCN1C(=O)CC(N)C1c1c(F)cccc1Cl. The zero-order valence-electron chi connectivity index (χ0n) is 9.49. The second kappa shape index (κ2) is 4.63. The Hall–Kier alpha value is -1.13. The Balaban J connectivity index is 2.48. The molecule has 92 valence electrons. The van der Waals surface area contributed by atoms with Crippen molar-refractivity contribution in [2.24, 2.45) is 5.73 Å². The molecule has 1 fully saturated rings. The number of likely N-dealkylation sites (tertiary alicyclic amines) is 1. The maximum Gasteiger partial charge on any atom is 0.224 e. The summed E-state index contributed by atoms with van der Waals surface area (Å²) in [5.41, 5.74) is 6.25. The van der Waals surface area contributed by atoms with Gasteiger partial charge >= 0.3 is 0 Å². The highest BCUT2D eigenvalue weighted by Crippen LogP contribution is 2.36. The first-order chi connectivity index (χ1) is 8.06. The minimum Gasteiger partial charge on any atom is -0.334 e. The molecule has 2 atom stereocenters. The van der Waals surface area contributed by atoms with Crippen LogP contribution in [0.15, 0.2) is 18.2 Å². The Morgan fingerprint density at radius 3 is 2.88 bits per heavy atom. The van der Waals surface area contributed by atoms with Crippen LogP contribution in [0.5, 0.6) is 0 Å². The van der Waals surface area contributed by atoms with Crippen molar-refractivity contribution in [1.82, 2.24) is 4.90 Å². The number of hydrogen-bond donors (Lipinski definition) is 1. The number of likely N-dealkylation sites (N-methyl/N-ethyl adjacent to an activating group) is 1. The number of hydrogen-bond acceptors (Lipinski definition) is 2. The lowest BCUT2D eigenvalue weighted by atomic mass is 10.00. The molecule has 17 heavy (non-hydrogen) atoms. The van der Waals surface area contributed by atoms with Gasteiger partial charge in [-0.15, -0.1) is 0 Å². The lowest BCUT2D eigenvalue weighted by Crippen LogP contribution is -2.33. The van der Waals surface area contributed by atoms with Gasteiger partial charge in [0.2, 0.25) is 5.91 Å². The molecule has 5 heteroatoms. The van der Waals surface area contributed by atoms with E-state index >= 15 is 0 Å². The fourth-order valence-electron chi connectivity index (χ4n) is 2.35. The number of halogens is 2. The van der Waals surface area contributed by atoms with Crippen molar-refractivity contribution < 1.29 is 9.18 Å². The molecule has 0 aliphatic carbocycles. The first kappa shape index (κ1) is 12.3. The van der Waals surface area contributed by atoms with E-state index < -0.39 is 17.9 Å². The molecule has 0 spiro atoms. The van der Waals surface area contributed by atoms with Crippen LogP contribution in [0.2, 0.25) is 5.02 Å². The molecule has 0 aromatic heterocycles. The van der Waals surface area contributed by atoms with Crippen LogP contribution in [0.1, 0.15) is 24.9 Å². The van der Waals surface area contributed by atoms with Crippen LogP contribution in [-0.4, -0.2) is 23.4 Å². The van der Waals surface area contributed by atoms with Crippen molar-refractivity contribution in [3.63, 3.8) is 0 Å². The summed E-state index contributed by atoms with van der Waals surface area (Å²) in [4.78, 5) is 13.3. The number of nitrogens with two attached hydrogens (primary N) is 1. The van der Waals surface area contributed by atoms with E-state index in [1.807, 2.05) is 6.92 Å². The smallest absolute Gasteiger partial charge is 0.224 e. The van der Waals surface area contributed by atoms with Gasteiger partial charge in [0.05, 0.1) is 6.04 Å². The molecule has 2 unspecified atom stereocenters. The molecule has 1 heterocycles. The van der Waals surface area contributed by atoms with Crippen molar-refractivity contribution in [3.8, 4) is 0 Å². The Kier molecular flexibility index (Phi) is 3.35. The highest BCUT2D eigenvalue weighted by molar-refractivity contribution is 6.31. The number of benzene rings is 1. The van der Waals surface area contributed by atoms with E-state index in [9.17, 15) is 9.18 Å². The van der Waals surface area contributed by atoms with Gasteiger partial charge in [-0.05, 0) is 19.1 Å². The largest absolute Gasteiger partial charge is 0.334 e. The Bertz CT molecular complexity index is 432. The molecular weight excluding hydrogens is 243 g/mol. The molecule has 1 aliphatic heterocycles. The van der Waals surface area contributed by atoms with E-state index in [0.717, 1.165) is 0 Å². The predicted octanol–water partition coefficient (Wildman–Crippen LogP) is 2.10. The Labute approximate surface area is 104 Å². The lowest BCUT2D eigenvalue weighted by molar-refractivity contribution is -0.128. The number of amides is 1. The van der Waals surface area contributed by atoms with Crippen LogP contribution in [0, 0.1) is 5.82 Å². The van der Waals surface area contributed by atoms with Crippen LogP contribution in [-0.2, 0) is 4.79 Å². The molecule has 3 nitrogen and oxygen atoms in total. The van der Waals surface area contributed by atoms with Crippen molar-refractivity contribution in [3.05, 3.63) is 34.6 Å². The topological polar surface area (TPSA) is 46.3 Å². The molecule has 2 rings (SSSR count). The minimum absolute atomic E-state index is 0.0516. The molecule has 1 amide bonds. The monoisotopic (exact) mass is 256 g/mol. The van der Waals surface area contributed by atoms with E-state index in [1.54, 1.807) is 17.0 Å². The van der Waals surface area contributed by atoms with Crippen LogP contribution in [0.3, 0.4) is 0 Å². The van der Waals surface area contributed by atoms with Crippen molar-refractivity contribution in [2.75, 3.05) is 6.54 Å². The van der Waals surface area contributed by atoms with Gasteiger partial charge in [0.1, 0.15) is 5.82 Å². The number of carbonyl (C=O) groups is 1. The summed E-state index contributed by atoms with van der Waals surface area (Å²) in [7, 11) is 0. The van der Waals surface area contributed by atoms with Gasteiger partial charge in [0.25, 0.3) is 0 Å². The van der Waals surface area contributed by atoms with Gasteiger partial charge in [-0.1, -0.05) is 17.7 Å². The average molecular weight is 257 g/mol. The van der Waals surface area contributed by atoms with Gasteiger partial charge < -0.3 is 10.6 Å². The fraction of sp³-hybridized carbons (Fsp3) is 0.417. The molecule has 0 saturated carbocycles. The van der Waals surface area contributed by atoms with Crippen LogP contribution < -0.4 is 5.73 Å². The highest BCUT2D eigenvalue weighted by atomic mass is 35.5. The normalized spacial score (nSPS) is 24.5. The summed E-state index contributed by atoms with van der Waals surface area (Å²) < 4.78 is 13.8. The van der Waals surface area contributed by atoms with E-state index in [1.165, 1.54) is 6.07 Å². The third kappa shape index (κ3) is 2.03. The van der Waals surface area contributed by atoms with Gasteiger partial charge in [-0.2, -0.15) is 0 Å². The maximum atomic E-state index is 13.8. The summed E-state index contributed by atoms with van der Waals surface area (Å²) in [5, 5.41) is 0.318. The molecular formula is C12H14ClFN2O. The first-order valence-electron chi connectivity index (χ1n) is 5.55. The highest BCUT2D eigenvalue weighted by Gasteiger charge is 2.39. The summed E-state index contributed by atoms with van der Waals surface area (Å²) in [5.74, 6) is -0.463. The van der Waals surface area contributed by atoms with Crippen LogP contribution in [0.4, 0.5) is 4.39 Å². The van der Waals surface area contributed by atoms with E-state index in [0.29, 0.717) is 17.1 Å². The molecule has 1 aromatic carbocycles. The quantitative estimate of drug-likeness (QED) is 0.881. The van der Waals surface area contributed by atoms with Crippen molar-refractivity contribution >= 4 is 17.5 Å². The molecule has 0 bridgehead atoms. The fourth-order valence-corrected chi connectivity index (χ4v) is 2.63. The van der Waals surface area contributed by atoms with Gasteiger partial charge in [0, 0.05) is 29.6 Å². The lowest BCUT2D eigenvalue weighted by Gasteiger charge is -2.27. The summed E-state index contributed by atoms with van der Waals surface area (Å²) in [6.07, 6.45) is 0.239.